The highest BCUT2D eigenvalue weighted by molar-refractivity contribution is 6.40. The van der Waals surface area contributed by atoms with E-state index in [-0.39, 0.29) is 17.9 Å². The molecule has 0 aromatic heterocycles. The molecule has 1 fully saturated rings. The second kappa shape index (κ2) is 6.93. The number of alkyl halides is 3. The molecule has 4 rings (SSSR count). The van der Waals surface area contributed by atoms with Crippen LogP contribution < -0.4 is 5.32 Å². The quantitative estimate of drug-likeness (QED) is 0.447. The van der Waals surface area contributed by atoms with Gasteiger partial charge in [0.25, 0.3) is 5.91 Å². The van der Waals surface area contributed by atoms with E-state index in [2.05, 4.69) is 5.32 Å². The smallest absolute Gasteiger partial charge is 0.416 e. The number of carbonyl (C=O) groups is 3. The zero-order chi connectivity index (χ0) is 21.7. The number of hydrogen-bond acceptors (Lipinski definition) is 4. The lowest BCUT2D eigenvalue weighted by molar-refractivity contribution is -0.137. The fourth-order valence-corrected chi connectivity index (χ4v) is 3.60. The fourth-order valence-electron chi connectivity index (χ4n) is 3.60. The summed E-state index contributed by atoms with van der Waals surface area (Å²) in [4.78, 5) is 36.2. The molecule has 0 bridgehead atoms. The number of anilines is 1. The summed E-state index contributed by atoms with van der Waals surface area (Å²) in [7, 11) is 0. The molecular weight excluding hydrogens is 406 g/mol. The Balaban J connectivity index is 1.49. The highest BCUT2D eigenvalue weighted by Gasteiger charge is 2.49. The Morgan fingerprint density at radius 2 is 1.83 bits per heavy atom. The van der Waals surface area contributed by atoms with Crippen LogP contribution in [0.1, 0.15) is 46.3 Å². The number of hydrogen-bond donors (Lipinski definition) is 1. The molecule has 156 valence electrons. The third-order valence-corrected chi connectivity index (χ3v) is 5.41. The molecule has 1 amide bonds. The summed E-state index contributed by atoms with van der Waals surface area (Å²) in [6.45, 7) is 0.0593. The van der Waals surface area contributed by atoms with Crippen molar-refractivity contribution in [3.63, 3.8) is 0 Å². The zero-order valence-corrected chi connectivity index (χ0v) is 15.4. The zero-order valence-electron chi connectivity index (χ0n) is 15.4. The van der Waals surface area contributed by atoms with Crippen LogP contribution in [0.25, 0.3) is 0 Å². The summed E-state index contributed by atoms with van der Waals surface area (Å²) in [6.07, 6.45) is -4.42. The topological polar surface area (TPSA) is 72.5 Å². The summed E-state index contributed by atoms with van der Waals surface area (Å²) in [6, 6.07) is 6.50. The van der Waals surface area contributed by atoms with Gasteiger partial charge >= 0.3 is 12.1 Å². The van der Waals surface area contributed by atoms with Crippen LogP contribution in [-0.2, 0) is 32.5 Å². The minimum Gasteiger partial charge on any atom is -0.457 e. The number of ether oxygens (including phenoxy) is 1. The van der Waals surface area contributed by atoms with Gasteiger partial charge in [-0.05, 0) is 54.8 Å². The number of benzene rings is 2. The molecule has 2 aliphatic rings. The SMILES string of the molecule is O=C(CC1(c2cc(C(F)(F)F)ccc2F)CC1)C(=O)Nc1ccc2c(c1)COC2=O. The number of fused-ring (bicyclic) bond motifs is 1. The van der Waals surface area contributed by atoms with E-state index in [0.29, 0.717) is 36.1 Å². The van der Waals surface area contributed by atoms with Crippen molar-refractivity contribution in [3.8, 4) is 0 Å². The molecule has 0 atom stereocenters. The molecule has 5 nitrogen and oxygen atoms in total. The normalized spacial score (nSPS) is 16.6. The molecular formula is C21H15F4NO4. The van der Waals surface area contributed by atoms with Crippen LogP contribution in [0.3, 0.4) is 0 Å². The van der Waals surface area contributed by atoms with Gasteiger partial charge in [0, 0.05) is 23.1 Å². The van der Waals surface area contributed by atoms with E-state index in [1.165, 1.54) is 18.2 Å². The fraction of sp³-hybridized carbons (Fsp3) is 0.286. The van der Waals surface area contributed by atoms with Crippen molar-refractivity contribution in [1.82, 2.24) is 0 Å². The molecule has 2 aromatic carbocycles. The Hall–Kier alpha value is -3.23. The molecule has 0 radical (unpaired) electrons. The van der Waals surface area contributed by atoms with Gasteiger partial charge in [0.2, 0.25) is 5.78 Å². The van der Waals surface area contributed by atoms with Gasteiger partial charge in [0.15, 0.2) is 0 Å². The van der Waals surface area contributed by atoms with E-state index in [1.54, 1.807) is 0 Å². The van der Waals surface area contributed by atoms with Crippen molar-refractivity contribution in [2.45, 2.75) is 37.5 Å². The maximum Gasteiger partial charge on any atom is 0.416 e. The lowest BCUT2D eigenvalue weighted by Crippen LogP contribution is -2.27. The highest BCUT2D eigenvalue weighted by atomic mass is 19.4. The second-order valence-corrected chi connectivity index (χ2v) is 7.47. The Morgan fingerprint density at radius 3 is 2.50 bits per heavy atom. The number of ketones is 1. The number of esters is 1. The number of cyclic esters (lactones) is 1. The van der Waals surface area contributed by atoms with Crippen molar-refractivity contribution in [2.24, 2.45) is 0 Å². The summed E-state index contributed by atoms with van der Waals surface area (Å²) in [5, 5.41) is 2.41. The number of amides is 1. The van der Waals surface area contributed by atoms with E-state index in [0.717, 1.165) is 6.07 Å². The first-order valence-corrected chi connectivity index (χ1v) is 9.10. The van der Waals surface area contributed by atoms with E-state index in [9.17, 15) is 31.9 Å². The van der Waals surface area contributed by atoms with Crippen LogP contribution in [-0.4, -0.2) is 17.7 Å². The number of carbonyl (C=O) groups excluding carboxylic acids is 3. The first-order chi connectivity index (χ1) is 14.1. The van der Waals surface area contributed by atoms with E-state index >= 15 is 0 Å². The van der Waals surface area contributed by atoms with Crippen molar-refractivity contribution < 1.29 is 36.7 Å². The summed E-state index contributed by atoms with van der Waals surface area (Å²) < 4.78 is 58.0. The van der Waals surface area contributed by atoms with Gasteiger partial charge in [-0.25, -0.2) is 9.18 Å². The molecule has 2 aromatic rings. The third kappa shape index (κ3) is 3.67. The lowest BCUT2D eigenvalue weighted by Gasteiger charge is -2.18. The number of Topliss-reactive ketones (excluding diaryl/α,β-unsaturated/α-hetero) is 1. The molecule has 1 saturated carbocycles. The monoisotopic (exact) mass is 421 g/mol. The van der Waals surface area contributed by atoms with Crippen molar-refractivity contribution in [3.05, 3.63) is 64.5 Å². The Labute approximate surface area is 168 Å². The van der Waals surface area contributed by atoms with Gasteiger partial charge < -0.3 is 10.1 Å². The molecule has 30 heavy (non-hydrogen) atoms. The average molecular weight is 421 g/mol. The summed E-state index contributed by atoms with van der Waals surface area (Å²) >= 11 is 0. The minimum atomic E-state index is -4.64. The molecule has 0 saturated heterocycles. The van der Waals surface area contributed by atoms with Crippen LogP contribution in [0.15, 0.2) is 36.4 Å². The molecule has 1 aliphatic heterocycles. The number of nitrogens with one attached hydrogen (secondary N) is 1. The molecule has 0 spiro atoms. The van der Waals surface area contributed by atoms with Gasteiger partial charge in [-0.15, -0.1) is 0 Å². The summed E-state index contributed by atoms with van der Waals surface area (Å²) in [5.74, 6) is -3.13. The van der Waals surface area contributed by atoms with Gasteiger partial charge in [-0.3, -0.25) is 9.59 Å². The standard InChI is InChI=1S/C21H15F4NO4/c22-16-4-1-12(21(23,24)25)8-15(16)20(5-6-20)9-17(27)18(28)26-13-2-3-14-11(7-13)10-30-19(14)29/h1-4,7-8H,5-6,9-10H2,(H,26,28). The first-order valence-electron chi connectivity index (χ1n) is 9.10. The van der Waals surface area contributed by atoms with Crippen LogP contribution in [0.2, 0.25) is 0 Å². The molecule has 1 N–H and O–H groups in total. The van der Waals surface area contributed by atoms with Gasteiger partial charge in [-0.1, -0.05) is 0 Å². The largest absolute Gasteiger partial charge is 0.457 e. The van der Waals surface area contributed by atoms with Crippen LogP contribution in [0.4, 0.5) is 23.2 Å². The van der Waals surface area contributed by atoms with E-state index in [4.69, 9.17) is 4.74 Å². The van der Waals surface area contributed by atoms with Crippen LogP contribution in [0.5, 0.6) is 0 Å². The van der Waals surface area contributed by atoms with Crippen molar-refractivity contribution in [2.75, 3.05) is 5.32 Å². The van der Waals surface area contributed by atoms with E-state index < -0.39 is 47.1 Å². The number of halogens is 4. The Kier molecular flexibility index (Phi) is 4.63. The highest BCUT2D eigenvalue weighted by Crippen LogP contribution is 2.52. The predicted octanol–water partition coefficient (Wildman–Crippen LogP) is 4.14. The Bertz CT molecular complexity index is 1070. The third-order valence-electron chi connectivity index (χ3n) is 5.41. The molecule has 9 heteroatoms. The lowest BCUT2D eigenvalue weighted by atomic mass is 9.88. The minimum absolute atomic E-state index is 0.0593. The second-order valence-electron chi connectivity index (χ2n) is 7.47. The number of rotatable bonds is 5. The van der Waals surface area contributed by atoms with Crippen LogP contribution >= 0.6 is 0 Å². The average Bonchev–Trinajstić information content (AvgIpc) is 3.36. The molecule has 1 heterocycles. The maximum atomic E-state index is 14.2. The maximum absolute atomic E-state index is 14.2. The van der Waals surface area contributed by atoms with Crippen LogP contribution in [0, 0.1) is 5.82 Å². The van der Waals surface area contributed by atoms with Crippen molar-refractivity contribution in [1.29, 1.82) is 0 Å². The summed E-state index contributed by atoms with van der Waals surface area (Å²) in [5.41, 5.74) is -1.10. The van der Waals surface area contributed by atoms with Gasteiger partial charge in [-0.2, -0.15) is 13.2 Å². The van der Waals surface area contributed by atoms with Gasteiger partial charge in [0.05, 0.1) is 11.1 Å². The van der Waals surface area contributed by atoms with Crippen molar-refractivity contribution >= 4 is 23.3 Å². The van der Waals surface area contributed by atoms with Gasteiger partial charge in [0.1, 0.15) is 12.4 Å². The first kappa shape index (κ1) is 20.1. The predicted molar refractivity (Wildman–Crippen MR) is 96.1 cm³/mol. The Morgan fingerprint density at radius 1 is 1.10 bits per heavy atom. The molecule has 1 aliphatic carbocycles. The molecule has 0 unspecified atom stereocenters. The van der Waals surface area contributed by atoms with E-state index in [1.807, 2.05) is 0 Å².